The molecule has 1 saturated heterocycles. The average molecular weight is 358 g/mol. The fraction of sp³-hybridized carbons (Fsp3) is 0.571. The van der Waals surface area contributed by atoms with Crippen molar-refractivity contribution in [2.75, 3.05) is 19.6 Å². The fourth-order valence-electron chi connectivity index (χ4n) is 2.72. The number of likely N-dealkylation sites (tertiary alicyclic amines) is 1. The Bertz CT molecular complexity index is 655. The van der Waals surface area contributed by atoms with Gasteiger partial charge in [-0.1, -0.05) is 17.9 Å². The molecule has 5 heteroatoms. The Morgan fingerprint density at radius 1 is 1.38 bits per heavy atom. The third kappa shape index (κ3) is 6.97. The molecule has 1 fully saturated rings. The molecule has 1 atom stereocenters. The summed E-state index contributed by atoms with van der Waals surface area (Å²) in [5, 5.41) is 0. The Balaban J connectivity index is 1.93. The molecule has 0 aliphatic carbocycles. The highest BCUT2D eigenvalue weighted by Gasteiger charge is 2.28. The van der Waals surface area contributed by atoms with E-state index in [4.69, 9.17) is 15.2 Å². The second kappa shape index (κ2) is 9.49. The molecule has 1 aromatic carbocycles. The van der Waals surface area contributed by atoms with E-state index in [1.165, 1.54) is 0 Å². The molecule has 0 unspecified atom stereocenters. The molecule has 5 nitrogen and oxygen atoms in total. The van der Waals surface area contributed by atoms with Gasteiger partial charge >= 0.3 is 6.09 Å². The largest absolute Gasteiger partial charge is 0.489 e. The number of nitrogens with zero attached hydrogens (tertiary/aromatic N) is 1. The Hall–Kier alpha value is -2.19. The van der Waals surface area contributed by atoms with Crippen LogP contribution in [-0.4, -0.2) is 42.3 Å². The van der Waals surface area contributed by atoms with Crippen LogP contribution in [0, 0.1) is 11.8 Å². The summed E-state index contributed by atoms with van der Waals surface area (Å²) in [4.78, 5) is 14.0. The number of carbonyl (C=O) groups excluding carboxylic acids is 1. The zero-order valence-corrected chi connectivity index (χ0v) is 16.1. The van der Waals surface area contributed by atoms with Crippen LogP contribution in [0.4, 0.5) is 4.79 Å². The Kier molecular flexibility index (Phi) is 7.35. The van der Waals surface area contributed by atoms with E-state index in [9.17, 15) is 4.79 Å². The minimum absolute atomic E-state index is 0.0308. The maximum absolute atomic E-state index is 12.3. The number of amides is 1. The molecule has 0 bridgehead atoms. The fourth-order valence-corrected chi connectivity index (χ4v) is 2.72. The van der Waals surface area contributed by atoms with Gasteiger partial charge < -0.3 is 20.1 Å². The molecule has 0 saturated carbocycles. The molecule has 142 valence electrons. The molecular formula is C21H30N2O3. The van der Waals surface area contributed by atoms with Crippen LogP contribution in [0.5, 0.6) is 5.75 Å². The van der Waals surface area contributed by atoms with E-state index in [1.54, 1.807) is 4.90 Å². The minimum Gasteiger partial charge on any atom is -0.489 e. The first-order chi connectivity index (χ1) is 12.4. The number of carbonyl (C=O) groups is 1. The number of benzene rings is 1. The maximum Gasteiger partial charge on any atom is 0.410 e. The van der Waals surface area contributed by atoms with Crippen molar-refractivity contribution in [3.8, 4) is 17.6 Å². The van der Waals surface area contributed by atoms with Gasteiger partial charge in [0, 0.05) is 18.5 Å². The average Bonchev–Trinajstić information content (AvgIpc) is 2.58. The first-order valence-corrected chi connectivity index (χ1v) is 9.31. The van der Waals surface area contributed by atoms with Crippen LogP contribution >= 0.6 is 0 Å². The lowest BCUT2D eigenvalue weighted by Gasteiger charge is -2.34. The second-order valence-corrected chi connectivity index (χ2v) is 7.53. The number of unbranched alkanes of at least 4 members (excludes halogenated alkanes) is 1. The molecule has 26 heavy (non-hydrogen) atoms. The number of hydrogen-bond acceptors (Lipinski definition) is 4. The molecule has 1 heterocycles. The third-order valence-electron chi connectivity index (χ3n) is 3.91. The summed E-state index contributed by atoms with van der Waals surface area (Å²) in [5.41, 5.74) is 5.92. The zero-order chi connectivity index (χ0) is 19.0. The summed E-state index contributed by atoms with van der Waals surface area (Å²) in [6.45, 7) is 7.55. The van der Waals surface area contributed by atoms with Gasteiger partial charge in [-0.25, -0.2) is 4.79 Å². The van der Waals surface area contributed by atoms with Gasteiger partial charge in [0.2, 0.25) is 0 Å². The van der Waals surface area contributed by atoms with Crippen molar-refractivity contribution < 1.29 is 14.3 Å². The van der Waals surface area contributed by atoms with Crippen molar-refractivity contribution in [2.45, 2.75) is 58.2 Å². The van der Waals surface area contributed by atoms with E-state index in [1.807, 2.05) is 45.0 Å². The van der Waals surface area contributed by atoms with Crippen LogP contribution in [0.15, 0.2) is 24.3 Å². The Morgan fingerprint density at radius 3 is 2.92 bits per heavy atom. The predicted octanol–water partition coefficient (Wildman–Crippen LogP) is 3.56. The lowest BCUT2D eigenvalue weighted by atomic mass is 10.1. The summed E-state index contributed by atoms with van der Waals surface area (Å²) in [6.07, 6.45) is 3.23. The molecular weight excluding hydrogens is 328 g/mol. The van der Waals surface area contributed by atoms with Gasteiger partial charge in [0.05, 0.1) is 6.54 Å². The lowest BCUT2D eigenvalue weighted by molar-refractivity contribution is 0.00776. The van der Waals surface area contributed by atoms with Gasteiger partial charge in [0.15, 0.2) is 0 Å². The van der Waals surface area contributed by atoms with E-state index in [0.29, 0.717) is 19.6 Å². The molecule has 2 N–H and O–H groups in total. The smallest absolute Gasteiger partial charge is 0.410 e. The van der Waals surface area contributed by atoms with Crippen molar-refractivity contribution >= 4 is 6.09 Å². The monoisotopic (exact) mass is 358 g/mol. The highest BCUT2D eigenvalue weighted by molar-refractivity contribution is 5.68. The van der Waals surface area contributed by atoms with Crippen molar-refractivity contribution in [1.82, 2.24) is 4.90 Å². The highest BCUT2D eigenvalue weighted by atomic mass is 16.6. The molecule has 1 aliphatic rings. The first-order valence-electron chi connectivity index (χ1n) is 9.31. The van der Waals surface area contributed by atoms with Gasteiger partial charge in [-0.2, -0.15) is 0 Å². The van der Waals surface area contributed by atoms with Crippen LogP contribution < -0.4 is 10.5 Å². The van der Waals surface area contributed by atoms with Gasteiger partial charge in [-0.05, 0) is 64.8 Å². The van der Waals surface area contributed by atoms with Crippen molar-refractivity contribution in [3.05, 3.63) is 29.8 Å². The SMILES string of the molecule is CC(C)(C)OC(=O)N1CCC[C@H](Oc2cccc(C#CCCCN)c2)C1. The van der Waals surface area contributed by atoms with E-state index in [0.717, 1.165) is 37.0 Å². The number of rotatable bonds is 4. The lowest BCUT2D eigenvalue weighted by Crippen LogP contribution is -2.46. The maximum atomic E-state index is 12.3. The van der Waals surface area contributed by atoms with E-state index >= 15 is 0 Å². The van der Waals surface area contributed by atoms with E-state index in [-0.39, 0.29) is 12.2 Å². The van der Waals surface area contributed by atoms with Crippen LogP contribution in [0.1, 0.15) is 52.0 Å². The van der Waals surface area contributed by atoms with Gasteiger partial charge in [-0.15, -0.1) is 0 Å². The summed E-state index contributed by atoms with van der Waals surface area (Å²) in [7, 11) is 0. The van der Waals surface area contributed by atoms with Crippen LogP contribution in [0.3, 0.4) is 0 Å². The van der Waals surface area contributed by atoms with Crippen molar-refractivity contribution in [3.63, 3.8) is 0 Å². The molecule has 1 aliphatic heterocycles. The first kappa shape index (κ1) is 20.1. The number of hydrogen-bond donors (Lipinski definition) is 1. The third-order valence-corrected chi connectivity index (χ3v) is 3.91. The minimum atomic E-state index is -0.484. The van der Waals surface area contributed by atoms with Gasteiger partial charge in [0.1, 0.15) is 17.5 Å². The zero-order valence-electron chi connectivity index (χ0n) is 16.1. The number of piperidine rings is 1. The molecule has 2 rings (SSSR count). The highest BCUT2D eigenvalue weighted by Crippen LogP contribution is 2.21. The predicted molar refractivity (Wildman–Crippen MR) is 103 cm³/mol. The van der Waals surface area contributed by atoms with Gasteiger partial charge in [-0.3, -0.25) is 0 Å². The summed E-state index contributed by atoms with van der Waals surface area (Å²) in [5.74, 6) is 7.05. The quantitative estimate of drug-likeness (QED) is 0.660. The van der Waals surface area contributed by atoms with Crippen LogP contribution in [-0.2, 0) is 4.74 Å². The molecule has 0 aromatic heterocycles. The van der Waals surface area contributed by atoms with Crippen LogP contribution in [0.25, 0.3) is 0 Å². The van der Waals surface area contributed by atoms with Crippen molar-refractivity contribution in [1.29, 1.82) is 0 Å². The Labute approximate surface area is 156 Å². The normalized spacial score (nSPS) is 17.2. The molecule has 0 spiro atoms. The summed E-state index contributed by atoms with van der Waals surface area (Å²) in [6, 6.07) is 7.78. The molecule has 0 radical (unpaired) electrons. The second-order valence-electron chi connectivity index (χ2n) is 7.53. The van der Waals surface area contributed by atoms with E-state index < -0.39 is 5.60 Å². The summed E-state index contributed by atoms with van der Waals surface area (Å²) < 4.78 is 11.6. The standard InChI is InChI=1S/C21H30N2O3/c1-21(2,3)26-20(24)23-14-8-12-19(16-23)25-18-11-7-10-17(15-18)9-5-4-6-13-22/h7,10-11,15,19H,4,6,8,12-14,16,22H2,1-3H3/t19-/m0/s1. The van der Waals surface area contributed by atoms with E-state index in [2.05, 4.69) is 11.8 Å². The van der Waals surface area contributed by atoms with Crippen molar-refractivity contribution in [2.24, 2.45) is 5.73 Å². The topological polar surface area (TPSA) is 64.8 Å². The number of nitrogens with two attached hydrogens (primary N) is 1. The van der Waals surface area contributed by atoms with Gasteiger partial charge in [0.25, 0.3) is 0 Å². The number of ether oxygens (including phenoxy) is 2. The molecule has 1 aromatic rings. The Morgan fingerprint density at radius 2 is 2.19 bits per heavy atom. The molecule has 1 amide bonds. The summed E-state index contributed by atoms with van der Waals surface area (Å²) >= 11 is 0. The van der Waals surface area contributed by atoms with Crippen LogP contribution in [0.2, 0.25) is 0 Å².